The van der Waals surface area contributed by atoms with Crippen LogP contribution < -0.4 is 21.5 Å². The molecule has 210 valence electrons. The summed E-state index contributed by atoms with van der Waals surface area (Å²) in [5, 5.41) is 19.5. The first-order valence-electron chi connectivity index (χ1n) is 12.2. The van der Waals surface area contributed by atoms with E-state index in [9.17, 15) is 18.0 Å². The van der Waals surface area contributed by atoms with Crippen LogP contribution in [0.2, 0.25) is 0 Å². The van der Waals surface area contributed by atoms with E-state index in [1.165, 1.54) is 30.3 Å². The molecule has 0 saturated heterocycles. The van der Waals surface area contributed by atoms with Gasteiger partial charge in [-0.3, -0.25) is 14.5 Å². The van der Waals surface area contributed by atoms with Crippen LogP contribution in [0, 0.1) is 26.2 Å². The molecule has 2 aromatic heterocycles. The highest BCUT2D eigenvalue weighted by molar-refractivity contribution is 6.05. The Morgan fingerprint density at radius 1 is 1.15 bits per heavy atom. The molecular weight excluding hydrogens is 511 g/mol. The van der Waals surface area contributed by atoms with Gasteiger partial charge in [-0.25, -0.2) is 5.84 Å². The van der Waals surface area contributed by atoms with E-state index >= 15 is 0 Å². The molecule has 0 radical (unpaired) electrons. The third-order valence-corrected chi connectivity index (χ3v) is 6.37. The monoisotopic (exact) mass is 545 g/mol. The van der Waals surface area contributed by atoms with E-state index in [1.54, 1.807) is 24.9 Å². The van der Waals surface area contributed by atoms with Crippen LogP contribution in [0.3, 0.4) is 0 Å². The van der Waals surface area contributed by atoms with Crippen LogP contribution in [0.25, 0.3) is 0 Å². The van der Waals surface area contributed by atoms with Gasteiger partial charge in [0.15, 0.2) is 0 Å². The molecule has 0 aliphatic carbocycles. The van der Waals surface area contributed by atoms with Crippen molar-refractivity contribution >= 4 is 28.7 Å². The number of hydrogen-bond acceptors (Lipinski definition) is 8. The van der Waals surface area contributed by atoms with Gasteiger partial charge in [0.2, 0.25) is 0 Å². The van der Waals surface area contributed by atoms with E-state index in [0.717, 1.165) is 11.8 Å². The van der Waals surface area contributed by atoms with E-state index < -0.39 is 17.6 Å². The van der Waals surface area contributed by atoms with Gasteiger partial charge < -0.3 is 26.0 Å². The SMILES string of the molecule is Cc1ncc(C(=O)Nc2cc(NCCN(C)C)c(C)c(C(F)(F)F)c2)cc1N(N)CC(=N)c1cnn(C)c1C. The standard InChI is InChI=1S/C26H34F3N9O/c1-15-21(26(27,28)29)10-19(11-23(15)32-7-8-36(4)5)35-25(39)18-9-24(16(2)33-12-18)38(31)14-22(30)20-13-34-37(6)17(20)3/h9-13,30,32H,7-8,14,31H2,1-6H3,(H,35,39). The smallest absolute Gasteiger partial charge is 0.383 e. The number of halogens is 3. The Kier molecular flexibility index (Phi) is 8.97. The number of alkyl halides is 3. The molecular formula is C26H34F3N9O. The predicted molar refractivity (Wildman–Crippen MR) is 146 cm³/mol. The van der Waals surface area contributed by atoms with E-state index in [1.807, 2.05) is 25.9 Å². The molecule has 10 nitrogen and oxygen atoms in total. The number of rotatable bonds is 10. The molecule has 0 fully saturated rings. The molecule has 1 amide bonds. The van der Waals surface area contributed by atoms with Crippen molar-refractivity contribution < 1.29 is 18.0 Å². The average molecular weight is 546 g/mol. The summed E-state index contributed by atoms with van der Waals surface area (Å²) in [6.45, 7) is 6.00. The summed E-state index contributed by atoms with van der Waals surface area (Å²) < 4.78 is 42.9. The van der Waals surface area contributed by atoms with Crippen LogP contribution in [0.15, 0.2) is 30.6 Å². The molecule has 2 heterocycles. The number of nitrogens with one attached hydrogen (secondary N) is 3. The Bertz CT molecular complexity index is 1370. The topological polar surface area (TPSA) is 128 Å². The van der Waals surface area contributed by atoms with E-state index in [-0.39, 0.29) is 34.8 Å². The predicted octanol–water partition coefficient (Wildman–Crippen LogP) is 3.73. The normalized spacial score (nSPS) is 11.6. The number of benzene rings is 1. The summed E-state index contributed by atoms with van der Waals surface area (Å²) in [6, 6.07) is 3.89. The van der Waals surface area contributed by atoms with E-state index in [2.05, 4.69) is 20.7 Å². The maximum atomic E-state index is 13.8. The Balaban J connectivity index is 1.84. The number of pyridine rings is 1. The second-order valence-electron chi connectivity index (χ2n) is 9.58. The number of carbonyl (C=O) groups is 1. The molecule has 3 aromatic rings. The summed E-state index contributed by atoms with van der Waals surface area (Å²) in [4.78, 5) is 19.2. The molecule has 39 heavy (non-hydrogen) atoms. The molecule has 0 atom stereocenters. The van der Waals surface area contributed by atoms with Crippen LogP contribution in [-0.2, 0) is 13.2 Å². The number of hydrazine groups is 1. The molecule has 0 bridgehead atoms. The van der Waals surface area contributed by atoms with Gasteiger partial charge in [0.1, 0.15) is 0 Å². The van der Waals surface area contributed by atoms with Crippen molar-refractivity contribution in [3.8, 4) is 0 Å². The van der Waals surface area contributed by atoms with Crippen molar-refractivity contribution in [2.45, 2.75) is 26.9 Å². The lowest BCUT2D eigenvalue weighted by molar-refractivity contribution is -0.138. The molecule has 0 unspecified atom stereocenters. The molecule has 1 aromatic carbocycles. The van der Waals surface area contributed by atoms with Crippen molar-refractivity contribution in [3.05, 3.63) is 64.2 Å². The fraction of sp³-hybridized carbons (Fsp3) is 0.385. The van der Waals surface area contributed by atoms with Crippen molar-refractivity contribution in [1.82, 2.24) is 19.7 Å². The van der Waals surface area contributed by atoms with E-state index in [0.29, 0.717) is 30.0 Å². The second kappa shape index (κ2) is 11.8. The number of hydrogen-bond donors (Lipinski definition) is 4. The van der Waals surface area contributed by atoms with Crippen molar-refractivity contribution in [1.29, 1.82) is 5.41 Å². The Hall–Kier alpha value is -3.97. The van der Waals surface area contributed by atoms with Crippen molar-refractivity contribution in [3.63, 3.8) is 0 Å². The molecule has 0 spiro atoms. The van der Waals surface area contributed by atoms with Gasteiger partial charge in [0.25, 0.3) is 5.91 Å². The average Bonchev–Trinajstić information content (AvgIpc) is 3.18. The van der Waals surface area contributed by atoms with Crippen LogP contribution in [0.5, 0.6) is 0 Å². The van der Waals surface area contributed by atoms with Crippen LogP contribution in [-0.4, -0.2) is 65.0 Å². The Morgan fingerprint density at radius 2 is 1.85 bits per heavy atom. The molecule has 3 rings (SSSR count). The number of nitrogens with zero attached hydrogens (tertiary/aromatic N) is 5. The minimum atomic E-state index is -4.60. The Labute approximate surface area is 225 Å². The Morgan fingerprint density at radius 3 is 2.44 bits per heavy atom. The van der Waals surface area contributed by atoms with Crippen LogP contribution in [0.4, 0.5) is 30.2 Å². The van der Waals surface area contributed by atoms with Crippen LogP contribution in [0.1, 0.15) is 38.4 Å². The molecule has 5 N–H and O–H groups in total. The fourth-order valence-corrected chi connectivity index (χ4v) is 3.95. The lowest BCUT2D eigenvalue weighted by Gasteiger charge is -2.21. The number of anilines is 3. The first-order valence-corrected chi connectivity index (χ1v) is 12.2. The van der Waals surface area contributed by atoms with Crippen LogP contribution >= 0.6 is 0 Å². The third kappa shape index (κ3) is 7.12. The molecule has 0 aliphatic heterocycles. The van der Waals surface area contributed by atoms with Gasteiger partial charge in [-0.1, -0.05) is 0 Å². The minimum absolute atomic E-state index is 0.00848. The number of aromatic nitrogens is 3. The quantitative estimate of drug-likeness (QED) is 0.174. The van der Waals surface area contributed by atoms with Gasteiger partial charge in [0, 0.05) is 49.0 Å². The number of aryl methyl sites for hydroxylation is 2. The van der Waals surface area contributed by atoms with Gasteiger partial charge in [-0.15, -0.1) is 0 Å². The van der Waals surface area contributed by atoms with Gasteiger partial charge in [-0.2, -0.15) is 18.3 Å². The van der Waals surface area contributed by atoms with Gasteiger partial charge >= 0.3 is 6.18 Å². The first kappa shape index (κ1) is 29.6. The largest absolute Gasteiger partial charge is 0.416 e. The number of nitrogens with two attached hydrogens (primary N) is 1. The zero-order chi connectivity index (χ0) is 29.1. The highest BCUT2D eigenvalue weighted by Gasteiger charge is 2.34. The molecule has 0 saturated carbocycles. The maximum Gasteiger partial charge on any atom is 0.416 e. The summed E-state index contributed by atoms with van der Waals surface area (Å²) in [7, 11) is 5.50. The molecule has 0 aliphatic rings. The van der Waals surface area contributed by atoms with Crippen molar-refractivity contribution in [2.75, 3.05) is 49.4 Å². The first-order chi connectivity index (χ1) is 18.2. The zero-order valence-corrected chi connectivity index (χ0v) is 22.9. The molecule has 13 heteroatoms. The lowest BCUT2D eigenvalue weighted by atomic mass is 10.0. The third-order valence-electron chi connectivity index (χ3n) is 6.37. The van der Waals surface area contributed by atoms with Crippen molar-refractivity contribution in [2.24, 2.45) is 12.9 Å². The lowest BCUT2D eigenvalue weighted by Crippen LogP contribution is -2.37. The summed E-state index contributed by atoms with van der Waals surface area (Å²) in [6.07, 6.45) is -1.69. The minimum Gasteiger partial charge on any atom is -0.383 e. The van der Waals surface area contributed by atoms with Gasteiger partial charge in [0.05, 0.1) is 41.0 Å². The number of amides is 1. The number of carbonyl (C=O) groups excluding carboxylic acids is 1. The maximum absolute atomic E-state index is 13.8. The summed E-state index contributed by atoms with van der Waals surface area (Å²) in [5.41, 5.74) is 2.18. The fourth-order valence-electron chi connectivity index (χ4n) is 3.95. The highest BCUT2D eigenvalue weighted by atomic mass is 19.4. The summed E-state index contributed by atoms with van der Waals surface area (Å²) in [5.74, 6) is 5.59. The number of likely N-dealkylation sites (N-methyl/N-ethyl adjacent to an activating group) is 1. The zero-order valence-electron chi connectivity index (χ0n) is 22.9. The second-order valence-corrected chi connectivity index (χ2v) is 9.58. The summed E-state index contributed by atoms with van der Waals surface area (Å²) >= 11 is 0. The van der Waals surface area contributed by atoms with E-state index in [4.69, 9.17) is 11.3 Å². The van der Waals surface area contributed by atoms with Gasteiger partial charge in [-0.05, 0) is 58.6 Å². The highest BCUT2D eigenvalue weighted by Crippen LogP contribution is 2.37.